The summed E-state index contributed by atoms with van der Waals surface area (Å²) >= 11 is 0. The lowest BCUT2D eigenvalue weighted by atomic mass is 9.79. The monoisotopic (exact) mass is 1070 g/mol. The van der Waals surface area contributed by atoms with Gasteiger partial charge in [0, 0.05) is 18.8 Å². The fraction of sp³-hybridized carbons (Fsp3) is 0.921. The van der Waals surface area contributed by atoms with Crippen LogP contribution in [0.4, 0.5) is 5.69 Å². The van der Waals surface area contributed by atoms with Crippen molar-refractivity contribution >= 4 is 5.69 Å². The van der Waals surface area contributed by atoms with Crippen LogP contribution in [-0.2, 0) is 32.1 Å². The van der Waals surface area contributed by atoms with Gasteiger partial charge in [-0.05, 0) is 105 Å². The van der Waals surface area contributed by atoms with Crippen molar-refractivity contribution in [3.05, 3.63) is 27.8 Å². The first-order valence-electron chi connectivity index (χ1n) is 37.1. The highest BCUT2D eigenvalue weighted by atomic mass is 15.1. The molecule has 0 spiro atoms. The summed E-state index contributed by atoms with van der Waals surface area (Å²) in [6.45, 7) is 19.2. The molecule has 0 saturated heterocycles. The number of rotatable bonds is 64. The van der Waals surface area contributed by atoms with Crippen molar-refractivity contribution in [2.75, 3.05) is 18.0 Å². The van der Waals surface area contributed by atoms with Crippen LogP contribution in [0.1, 0.15) is 436 Å². The molecule has 0 fully saturated rings. The molecular weight excluding hydrogens is 927 g/mol. The van der Waals surface area contributed by atoms with Crippen molar-refractivity contribution in [3.8, 4) is 0 Å². The lowest BCUT2D eigenvalue weighted by Gasteiger charge is -2.35. The molecule has 0 unspecified atom stereocenters. The van der Waals surface area contributed by atoms with Crippen molar-refractivity contribution in [2.45, 2.75) is 440 Å². The van der Waals surface area contributed by atoms with E-state index in [2.05, 4.69) is 53.4 Å². The molecule has 77 heavy (non-hydrogen) atoms. The fourth-order valence-electron chi connectivity index (χ4n) is 13.2. The summed E-state index contributed by atoms with van der Waals surface area (Å²) in [5, 5.41) is 0. The van der Waals surface area contributed by atoms with Gasteiger partial charge in [-0.3, -0.25) is 0 Å². The zero-order chi connectivity index (χ0) is 55.6. The molecule has 0 aliphatic heterocycles. The van der Waals surface area contributed by atoms with Crippen molar-refractivity contribution < 1.29 is 0 Å². The summed E-state index contributed by atoms with van der Waals surface area (Å²) in [5.41, 5.74) is 11.5. The Kier molecular flexibility index (Phi) is 57.3. The smallest absolute Gasteiger partial charge is 0.0437 e. The lowest BCUT2D eigenvalue weighted by Crippen LogP contribution is -2.30. The average Bonchev–Trinajstić information content (AvgIpc) is 3.46. The number of benzene rings is 1. The molecule has 0 aliphatic rings. The maximum Gasteiger partial charge on any atom is 0.0437 e. The summed E-state index contributed by atoms with van der Waals surface area (Å²) in [4.78, 5) is 3.17. The molecule has 0 aromatic heterocycles. The highest BCUT2D eigenvalue weighted by Crippen LogP contribution is 2.41. The Balaban J connectivity index is 4.11. The number of hydrogen-bond donors (Lipinski definition) is 0. The Hall–Kier alpha value is -0.980. The maximum absolute atomic E-state index is 3.17. The standard InChI is InChI=1S/C76H147N/c1-8-15-22-29-36-43-50-57-64-71-72(65-58-51-44-37-30-23-16-9-2)74(67-60-53-46-39-32-25-18-11-4)76(77(69-62-55-48-41-34-27-20-13-6)70-63-56-49-42-35-28-21-14-7)75(68-61-54-47-40-33-26-19-12-5)73(71)66-59-52-45-38-31-24-17-10-3/h8-70H2,1-7H3. The summed E-state index contributed by atoms with van der Waals surface area (Å²) in [6, 6.07) is 0. The van der Waals surface area contributed by atoms with Crippen LogP contribution < -0.4 is 4.90 Å². The van der Waals surface area contributed by atoms with E-state index in [9.17, 15) is 0 Å². The van der Waals surface area contributed by atoms with E-state index >= 15 is 0 Å². The highest BCUT2D eigenvalue weighted by Gasteiger charge is 2.26. The van der Waals surface area contributed by atoms with Crippen LogP contribution in [0.3, 0.4) is 0 Å². The average molecular weight is 1080 g/mol. The maximum atomic E-state index is 3.17. The second-order valence-electron chi connectivity index (χ2n) is 25.8. The Morgan fingerprint density at radius 3 is 0.494 bits per heavy atom. The number of hydrogen-bond acceptors (Lipinski definition) is 1. The Morgan fingerprint density at radius 2 is 0.299 bits per heavy atom. The minimum absolute atomic E-state index is 1.30. The van der Waals surface area contributed by atoms with E-state index in [-0.39, 0.29) is 0 Å². The van der Waals surface area contributed by atoms with Crippen LogP contribution in [0.5, 0.6) is 0 Å². The van der Waals surface area contributed by atoms with Crippen molar-refractivity contribution in [1.82, 2.24) is 0 Å². The second kappa shape index (κ2) is 59.6. The largest absolute Gasteiger partial charge is 0.371 e. The molecule has 1 aromatic rings. The SMILES string of the molecule is CCCCCCCCCCc1c(CCCCCCCCCC)c(CCCCCCCCCC)c(N(CCCCCCCCCC)CCCCCCCCCC)c(CCCCCCCCCC)c1CCCCCCCCCC. The Morgan fingerprint density at radius 1 is 0.156 bits per heavy atom. The van der Waals surface area contributed by atoms with E-state index in [1.54, 1.807) is 0 Å². The van der Waals surface area contributed by atoms with Gasteiger partial charge in [-0.1, -0.05) is 363 Å². The van der Waals surface area contributed by atoms with Gasteiger partial charge in [-0.25, -0.2) is 0 Å². The summed E-state index contributed by atoms with van der Waals surface area (Å²) in [6.07, 6.45) is 86.6. The van der Waals surface area contributed by atoms with Crippen molar-refractivity contribution in [1.29, 1.82) is 0 Å². The molecular formula is C76H147N. The van der Waals surface area contributed by atoms with Crippen LogP contribution in [0.2, 0.25) is 0 Å². The van der Waals surface area contributed by atoms with Gasteiger partial charge >= 0.3 is 0 Å². The summed E-state index contributed by atoms with van der Waals surface area (Å²) < 4.78 is 0. The van der Waals surface area contributed by atoms with Gasteiger partial charge in [-0.2, -0.15) is 0 Å². The van der Waals surface area contributed by atoms with Crippen molar-refractivity contribution in [2.24, 2.45) is 0 Å². The van der Waals surface area contributed by atoms with Crippen LogP contribution in [0.25, 0.3) is 0 Å². The van der Waals surface area contributed by atoms with Crippen LogP contribution in [0.15, 0.2) is 0 Å². The Bertz CT molecular complexity index is 1220. The first kappa shape index (κ1) is 74.0. The van der Waals surface area contributed by atoms with E-state index in [1.807, 2.05) is 33.5 Å². The van der Waals surface area contributed by atoms with Crippen LogP contribution in [0, 0.1) is 0 Å². The van der Waals surface area contributed by atoms with E-state index < -0.39 is 0 Å². The lowest BCUT2D eigenvalue weighted by molar-refractivity contribution is 0.550. The fourth-order valence-corrected chi connectivity index (χ4v) is 13.2. The number of anilines is 1. The Labute approximate surface area is 489 Å². The molecule has 0 bridgehead atoms. The third-order valence-electron chi connectivity index (χ3n) is 18.3. The molecule has 1 nitrogen and oxygen atoms in total. The molecule has 0 N–H and O–H groups in total. The zero-order valence-corrected chi connectivity index (χ0v) is 55.0. The molecule has 0 heterocycles. The van der Waals surface area contributed by atoms with Gasteiger partial charge in [0.25, 0.3) is 0 Å². The third-order valence-corrected chi connectivity index (χ3v) is 18.3. The minimum atomic E-state index is 1.30. The quantitative estimate of drug-likeness (QED) is 0.0588. The van der Waals surface area contributed by atoms with Gasteiger partial charge in [0.1, 0.15) is 0 Å². The summed E-state index contributed by atoms with van der Waals surface area (Å²) in [5.74, 6) is 0. The van der Waals surface area contributed by atoms with E-state index in [0.29, 0.717) is 0 Å². The van der Waals surface area contributed by atoms with Crippen LogP contribution in [-0.4, -0.2) is 13.1 Å². The molecule has 1 rings (SSSR count). The predicted molar refractivity (Wildman–Crippen MR) is 355 cm³/mol. The highest BCUT2D eigenvalue weighted by molar-refractivity contribution is 5.68. The van der Waals surface area contributed by atoms with E-state index in [0.717, 1.165) is 0 Å². The van der Waals surface area contributed by atoms with E-state index in [4.69, 9.17) is 0 Å². The van der Waals surface area contributed by atoms with Gasteiger partial charge < -0.3 is 4.90 Å². The molecule has 1 heteroatoms. The van der Waals surface area contributed by atoms with Crippen molar-refractivity contribution in [3.63, 3.8) is 0 Å². The number of nitrogens with zero attached hydrogens (tertiary/aromatic N) is 1. The first-order chi connectivity index (χ1) is 38.1. The summed E-state index contributed by atoms with van der Waals surface area (Å²) in [7, 11) is 0. The minimum Gasteiger partial charge on any atom is -0.371 e. The second-order valence-corrected chi connectivity index (χ2v) is 25.8. The van der Waals surface area contributed by atoms with Crippen LogP contribution >= 0.6 is 0 Å². The topological polar surface area (TPSA) is 3.24 Å². The van der Waals surface area contributed by atoms with Gasteiger partial charge in [0.05, 0.1) is 0 Å². The van der Waals surface area contributed by atoms with Gasteiger partial charge in [0.15, 0.2) is 0 Å². The normalized spacial score (nSPS) is 11.7. The van der Waals surface area contributed by atoms with Gasteiger partial charge in [-0.15, -0.1) is 0 Å². The molecule has 0 atom stereocenters. The zero-order valence-electron chi connectivity index (χ0n) is 55.0. The van der Waals surface area contributed by atoms with Gasteiger partial charge in [0.2, 0.25) is 0 Å². The predicted octanol–water partition coefficient (Wildman–Crippen LogP) is 27.2. The molecule has 0 aliphatic carbocycles. The molecule has 0 amide bonds. The third kappa shape index (κ3) is 42.5. The number of unbranched alkanes of at least 4 members (excludes halogenated alkanes) is 49. The molecule has 456 valence electrons. The molecule has 0 radical (unpaired) electrons. The molecule has 1 aromatic carbocycles. The first-order valence-corrected chi connectivity index (χ1v) is 37.1. The molecule has 0 saturated carbocycles. The van der Waals surface area contributed by atoms with E-state index in [1.165, 1.54) is 405 Å².